The molecule has 0 unspecified atom stereocenters. The second kappa shape index (κ2) is 7.08. The van der Waals surface area contributed by atoms with E-state index in [4.69, 9.17) is 4.74 Å². The minimum atomic E-state index is -0.675. The number of esters is 1. The van der Waals surface area contributed by atoms with Crippen LogP contribution in [-0.2, 0) is 23.0 Å². The van der Waals surface area contributed by atoms with Crippen LogP contribution in [0.15, 0.2) is 36.5 Å². The van der Waals surface area contributed by atoms with Gasteiger partial charge in [-0.2, -0.15) is 5.10 Å². The predicted octanol–water partition coefficient (Wildman–Crippen LogP) is 2.90. The predicted molar refractivity (Wildman–Crippen MR) is 105 cm³/mol. The van der Waals surface area contributed by atoms with E-state index in [0.717, 1.165) is 24.1 Å². The van der Waals surface area contributed by atoms with Gasteiger partial charge in [-0.25, -0.2) is 0 Å². The van der Waals surface area contributed by atoms with Gasteiger partial charge in [0.2, 0.25) is 0 Å². The minimum absolute atomic E-state index is 0.0164. The Labute approximate surface area is 165 Å². The Morgan fingerprint density at radius 1 is 1.25 bits per heavy atom. The zero-order valence-electron chi connectivity index (χ0n) is 16.7. The van der Waals surface area contributed by atoms with E-state index in [0.29, 0.717) is 25.0 Å². The number of carbonyl (C=O) groups excluding carboxylic acids is 2. The first-order chi connectivity index (χ1) is 13.5. The molecule has 0 N–H and O–H groups in total. The molecular weight excluding hydrogens is 354 g/mol. The van der Waals surface area contributed by atoms with Crippen LogP contribution < -0.4 is 0 Å². The average molecular weight is 381 g/mol. The van der Waals surface area contributed by atoms with Crippen LogP contribution in [0.25, 0.3) is 0 Å². The van der Waals surface area contributed by atoms with Crippen molar-refractivity contribution in [3.8, 4) is 0 Å². The Hall–Kier alpha value is -2.63. The lowest BCUT2D eigenvalue weighted by Crippen LogP contribution is -2.47. The zero-order valence-corrected chi connectivity index (χ0v) is 16.7. The molecule has 6 nitrogen and oxygen atoms in total. The third kappa shape index (κ3) is 2.82. The standard InChI is InChI=1S/C22H27N3O3/c1-4-28-21(27)22(12-16-8-6-5-7-9-16)13-17-10-11-19(22)25(17)20(26)18-14-23-24(3)15(18)2/h5-9,14,17,19H,4,10-13H2,1-3H3/t17-,19+,22+/m1/s1. The van der Waals surface area contributed by atoms with Gasteiger partial charge in [-0.15, -0.1) is 0 Å². The summed E-state index contributed by atoms with van der Waals surface area (Å²) in [7, 11) is 1.84. The fraction of sp³-hybridized carbons (Fsp3) is 0.500. The highest BCUT2D eigenvalue weighted by atomic mass is 16.5. The van der Waals surface area contributed by atoms with Gasteiger partial charge in [-0.3, -0.25) is 14.3 Å². The monoisotopic (exact) mass is 381 g/mol. The van der Waals surface area contributed by atoms with Gasteiger partial charge in [-0.1, -0.05) is 30.3 Å². The molecule has 148 valence electrons. The van der Waals surface area contributed by atoms with Crippen LogP contribution in [0.3, 0.4) is 0 Å². The van der Waals surface area contributed by atoms with Crippen molar-refractivity contribution < 1.29 is 14.3 Å². The van der Waals surface area contributed by atoms with Crippen molar-refractivity contribution >= 4 is 11.9 Å². The molecule has 3 heterocycles. The molecule has 1 amide bonds. The number of nitrogens with zero attached hydrogens (tertiary/aromatic N) is 3. The molecule has 2 fully saturated rings. The summed E-state index contributed by atoms with van der Waals surface area (Å²) >= 11 is 0. The Morgan fingerprint density at radius 3 is 2.64 bits per heavy atom. The number of rotatable bonds is 5. The number of fused-ring (bicyclic) bond motifs is 2. The molecule has 4 rings (SSSR count). The highest BCUT2D eigenvalue weighted by Gasteiger charge is 2.62. The third-order valence-electron chi connectivity index (χ3n) is 6.48. The van der Waals surface area contributed by atoms with E-state index in [1.54, 1.807) is 10.9 Å². The van der Waals surface area contributed by atoms with Crippen molar-refractivity contribution in [3.63, 3.8) is 0 Å². The van der Waals surface area contributed by atoms with Crippen LogP contribution in [0.5, 0.6) is 0 Å². The zero-order chi connectivity index (χ0) is 19.9. The number of hydrogen-bond donors (Lipinski definition) is 0. The van der Waals surface area contributed by atoms with Gasteiger partial charge in [0, 0.05) is 24.8 Å². The molecule has 0 aliphatic carbocycles. The minimum Gasteiger partial charge on any atom is -0.465 e. The van der Waals surface area contributed by atoms with Gasteiger partial charge >= 0.3 is 5.97 Å². The third-order valence-corrected chi connectivity index (χ3v) is 6.48. The summed E-state index contributed by atoms with van der Waals surface area (Å²) in [5, 5.41) is 4.23. The van der Waals surface area contributed by atoms with Gasteiger partial charge in [0.1, 0.15) is 0 Å². The average Bonchev–Trinajstić information content (AvgIpc) is 3.35. The molecule has 0 spiro atoms. The molecule has 6 heteroatoms. The van der Waals surface area contributed by atoms with Gasteiger partial charge in [-0.05, 0) is 45.1 Å². The number of ether oxygens (including phenoxy) is 1. The van der Waals surface area contributed by atoms with Crippen molar-refractivity contribution in [2.24, 2.45) is 12.5 Å². The van der Waals surface area contributed by atoms with E-state index in [1.807, 2.05) is 56.1 Å². The molecule has 2 saturated heterocycles. The van der Waals surface area contributed by atoms with Gasteiger partial charge in [0.05, 0.1) is 23.8 Å². The molecule has 1 aromatic carbocycles. The van der Waals surface area contributed by atoms with Gasteiger partial charge < -0.3 is 9.64 Å². The largest absolute Gasteiger partial charge is 0.465 e. The normalized spacial score (nSPS) is 25.9. The number of aromatic nitrogens is 2. The second-order valence-corrected chi connectivity index (χ2v) is 7.97. The molecule has 2 aromatic rings. The van der Waals surface area contributed by atoms with Crippen molar-refractivity contribution in [1.29, 1.82) is 0 Å². The Balaban J connectivity index is 1.70. The van der Waals surface area contributed by atoms with Crippen LogP contribution in [-0.4, -0.2) is 45.2 Å². The molecule has 3 atom stereocenters. The number of hydrogen-bond acceptors (Lipinski definition) is 4. The molecular formula is C22H27N3O3. The second-order valence-electron chi connectivity index (χ2n) is 7.97. The quantitative estimate of drug-likeness (QED) is 0.747. The van der Waals surface area contributed by atoms with Crippen LogP contribution in [0.4, 0.5) is 0 Å². The topological polar surface area (TPSA) is 64.4 Å². The van der Waals surface area contributed by atoms with Crippen molar-refractivity contribution in [1.82, 2.24) is 14.7 Å². The summed E-state index contributed by atoms with van der Waals surface area (Å²) in [6.45, 7) is 4.09. The first-order valence-electron chi connectivity index (χ1n) is 10.0. The first-order valence-corrected chi connectivity index (χ1v) is 10.0. The fourth-order valence-corrected chi connectivity index (χ4v) is 5.05. The Morgan fingerprint density at radius 2 is 2.00 bits per heavy atom. The van der Waals surface area contributed by atoms with E-state index >= 15 is 0 Å². The highest BCUT2D eigenvalue weighted by molar-refractivity contribution is 5.97. The number of benzene rings is 1. The maximum atomic E-state index is 13.4. The number of carbonyl (C=O) groups is 2. The first kappa shape index (κ1) is 18.7. The molecule has 2 aliphatic rings. The summed E-state index contributed by atoms with van der Waals surface area (Å²) in [6.07, 6.45) is 4.67. The van der Waals surface area contributed by atoms with E-state index in [9.17, 15) is 9.59 Å². The summed E-state index contributed by atoms with van der Waals surface area (Å²) in [5.41, 5.74) is 1.90. The lowest BCUT2D eigenvalue weighted by molar-refractivity contribution is -0.157. The highest BCUT2D eigenvalue weighted by Crippen LogP contribution is 2.52. The molecule has 28 heavy (non-hydrogen) atoms. The van der Waals surface area contributed by atoms with E-state index in [2.05, 4.69) is 5.10 Å². The van der Waals surface area contributed by atoms with Crippen molar-refractivity contribution in [2.75, 3.05) is 6.61 Å². The van der Waals surface area contributed by atoms with Crippen molar-refractivity contribution in [2.45, 2.75) is 51.6 Å². The summed E-state index contributed by atoms with van der Waals surface area (Å²) < 4.78 is 7.24. The summed E-state index contributed by atoms with van der Waals surface area (Å²) in [6, 6.07) is 9.98. The molecule has 0 saturated carbocycles. The molecule has 1 aromatic heterocycles. The maximum absolute atomic E-state index is 13.4. The molecule has 2 bridgehead atoms. The fourth-order valence-electron chi connectivity index (χ4n) is 5.05. The number of amides is 1. The lowest BCUT2D eigenvalue weighted by Gasteiger charge is -2.35. The van der Waals surface area contributed by atoms with Crippen LogP contribution in [0.1, 0.15) is 47.8 Å². The van der Waals surface area contributed by atoms with Gasteiger partial charge in [0.15, 0.2) is 0 Å². The molecule has 2 aliphatic heterocycles. The number of aryl methyl sites for hydroxylation is 1. The maximum Gasteiger partial charge on any atom is 0.314 e. The smallest absolute Gasteiger partial charge is 0.314 e. The van der Waals surface area contributed by atoms with Gasteiger partial charge in [0.25, 0.3) is 5.91 Å². The van der Waals surface area contributed by atoms with E-state index in [1.165, 1.54) is 0 Å². The molecule has 0 radical (unpaired) electrons. The summed E-state index contributed by atoms with van der Waals surface area (Å²) in [5.74, 6) is -0.191. The lowest BCUT2D eigenvalue weighted by atomic mass is 9.70. The van der Waals surface area contributed by atoms with Crippen LogP contribution in [0.2, 0.25) is 0 Å². The summed E-state index contributed by atoms with van der Waals surface area (Å²) in [4.78, 5) is 28.5. The van der Waals surface area contributed by atoms with Crippen molar-refractivity contribution in [3.05, 3.63) is 53.3 Å². The SMILES string of the molecule is CCOC(=O)[C@@]1(Cc2ccccc2)C[C@H]2CC[C@@H]1N2C(=O)c1cnn(C)c1C. The Bertz CT molecular complexity index is 892. The van der Waals surface area contributed by atoms with E-state index in [-0.39, 0.29) is 24.0 Å². The Kier molecular flexibility index (Phi) is 4.73. The van der Waals surface area contributed by atoms with Crippen LogP contribution >= 0.6 is 0 Å². The van der Waals surface area contributed by atoms with Crippen LogP contribution in [0, 0.1) is 12.3 Å². The van der Waals surface area contributed by atoms with E-state index < -0.39 is 5.41 Å².